The monoisotopic (exact) mass is 792 g/mol. The summed E-state index contributed by atoms with van der Waals surface area (Å²) < 4.78 is 6.99. The average molecular weight is 793 g/mol. The van der Waals surface area contributed by atoms with Crippen molar-refractivity contribution in [2.24, 2.45) is 0 Å². The first-order valence-corrected chi connectivity index (χ1v) is 21.6. The molecule has 0 fully saturated rings. The second kappa shape index (κ2) is 12.3. The maximum atomic E-state index is 5.69. The molecule has 4 heterocycles. The van der Waals surface area contributed by atoms with Crippen LogP contribution in [0.5, 0.6) is 0 Å². The van der Waals surface area contributed by atoms with Gasteiger partial charge in [-0.1, -0.05) is 140 Å². The summed E-state index contributed by atoms with van der Waals surface area (Å²) in [6.07, 6.45) is 0. The van der Waals surface area contributed by atoms with Crippen molar-refractivity contribution in [3.63, 3.8) is 0 Å². The second-order valence-electron chi connectivity index (χ2n) is 16.1. The number of para-hydroxylation sites is 2. The van der Waals surface area contributed by atoms with Crippen LogP contribution in [0.4, 0.5) is 0 Å². The molecule has 0 amide bonds. The van der Waals surface area contributed by atoms with Crippen molar-refractivity contribution in [1.29, 1.82) is 0 Å². The first kappa shape index (κ1) is 33.0. The molecule has 5 heteroatoms. The highest BCUT2D eigenvalue weighted by Crippen LogP contribution is 2.46. The van der Waals surface area contributed by atoms with Gasteiger partial charge in [0.25, 0.3) is 0 Å². The Labute approximate surface area is 352 Å². The standard InChI is InChI=1S/C56H32N4S/c1-2-16-36(17-3-1)59-46-24-12-10-21-40(46)44-31-35(26-28-47(44)59)53-55-54(43-23-11-13-25-50(43)61-55)58-56(57-53)60-48-29-27-42-39-20-7-6-18-37(39)38-19-8-9-22-41(38)51(42)52(48)45-30-33-14-4-5-15-34(33)32-49(45)60/h1-32H. The molecule has 14 rings (SSSR count). The Morgan fingerprint density at radius 3 is 1.77 bits per heavy atom. The molecule has 0 saturated heterocycles. The van der Waals surface area contributed by atoms with Crippen LogP contribution in [-0.2, 0) is 0 Å². The van der Waals surface area contributed by atoms with E-state index in [0.717, 1.165) is 43.6 Å². The molecule has 0 saturated carbocycles. The van der Waals surface area contributed by atoms with E-state index in [1.165, 1.54) is 80.4 Å². The van der Waals surface area contributed by atoms with Gasteiger partial charge >= 0.3 is 0 Å². The third kappa shape index (κ3) is 4.58. The van der Waals surface area contributed by atoms with E-state index < -0.39 is 0 Å². The lowest BCUT2D eigenvalue weighted by Crippen LogP contribution is -2.03. The summed E-state index contributed by atoms with van der Waals surface area (Å²) in [6.45, 7) is 0. The van der Waals surface area contributed by atoms with Crippen molar-refractivity contribution in [3.8, 4) is 22.9 Å². The minimum Gasteiger partial charge on any atom is -0.309 e. The molecule has 4 nitrogen and oxygen atoms in total. The minimum absolute atomic E-state index is 0.664. The van der Waals surface area contributed by atoms with Crippen LogP contribution in [0.15, 0.2) is 194 Å². The van der Waals surface area contributed by atoms with Gasteiger partial charge in [-0.15, -0.1) is 11.3 Å². The number of hydrogen-bond acceptors (Lipinski definition) is 3. The van der Waals surface area contributed by atoms with E-state index in [-0.39, 0.29) is 0 Å². The Hall–Kier alpha value is -7.86. The normalized spacial score (nSPS) is 12.3. The third-order valence-electron chi connectivity index (χ3n) is 12.9. The lowest BCUT2D eigenvalue weighted by atomic mass is 9.91. The quantitative estimate of drug-likeness (QED) is 0.167. The average Bonchev–Trinajstić information content (AvgIpc) is 3.98. The largest absolute Gasteiger partial charge is 0.309 e. The van der Waals surface area contributed by atoms with Gasteiger partial charge in [-0.3, -0.25) is 4.57 Å². The molecule has 0 radical (unpaired) electrons. The molecule has 61 heavy (non-hydrogen) atoms. The van der Waals surface area contributed by atoms with Gasteiger partial charge in [0, 0.05) is 48.3 Å². The van der Waals surface area contributed by atoms with Crippen molar-refractivity contribution in [3.05, 3.63) is 194 Å². The third-order valence-corrected chi connectivity index (χ3v) is 14.0. The van der Waals surface area contributed by atoms with Crippen molar-refractivity contribution in [2.75, 3.05) is 0 Å². The van der Waals surface area contributed by atoms with Crippen molar-refractivity contribution in [2.45, 2.75) is 0 Å². The van der Waals surface area contributed by atoms with Crippen LogP contribution in [0, 0.1) is 0 Å². The minimum atomic E-state index is 0.664. The van der Waals surface area contributed by atoms with Crippen LogP contribution in [0.3, 0.4) is 0 Å². The number of hydrogen-bond donors (Lipinski definition) is 0. The zero-order chi connectivity index (χ0) is 39.8. The van der Waals surface area contributed by atoms with Gasteiger partial charge in [0.2, 0.25) is 5.95 Å². The second-order valence-corrected chi connectivity index (χ2v) is 17.1. The first-order valence-electron chi connectivity index (χ1n) is 20.7. The highest BCUT2D eigenvalue weighted by atomic mass is 32.1. The Morgan fingerprint density at radius 2 is 0.967 bits per heavy atom. The highest BCUT2D eigenvalue weighted by Gasteiger charge is 2.24. The fraction of sp³-hybridized carbons (Fsp3) is 0. The number of rotatable bonds is 3. The molecule has 282 valence electrons. The summed E-state index contributed by atoms with van der Waals surface area (Å²) in [4.78, 5) is 11.3. The summed E-state index contributed by atoms with van der Waals surface area (Å²) in [7, 11) is 0. The smallest absolute Gasteiger partial charge is 0.235 e. The Bertz CT molecular complexity index is 4140. The lowest BCUT2D eigenvalue weighted by Gasteiger charge is -2.13. The van der Waals surface area contributed by atoms with Crippen molar-refractivity contribution >= 4 is 118 Å². The Morgan fingerprint density at radius 1 is 0.361 bits per heavy atom. The molecular weight excluding hydrogens is 761 g/mol. The first-order chi connectivity index (χ1) is 30.3. The molecule has 14 aromatic rings. The lowest BCUT2D eigenvalue weighted by molar-refractivity contribution is 1.02. The molecule has 0 aliphatic heterocycles. The van der Waals surface area contributed by atoms with Gasteiger partial charge in [-0.25, -0.2) is 9.97 Å². The number of thiophene rings is 1. The van der Waals surface area contributed by atoms with E-state index in [1.807, 2.05) is 0 Å². The molecule has 0 aliphatic rings. The summed E-state index contributed by atoms with van der Waals surface area (Å²) in [5.41, 5.74) is 8.64. The van der Waals surface area contributed by atoms with Gasteiger partial charge in [-0.2, -0.15) is 0 Å². The molecule has 0 N–H and O–H groups in total. The maximum Gasteiger partial charge on any atom is 0.235 e. The summed E-state index contributed by atoms with van der Waals surface area (Å²) in [6, 6.07) is 70.6. The summed E-state index contributed by atoms with van der Waals surface area (Å²) in [5, 5.41) is 15.9. The predicted octanol–water partition coefficient (Wildman–Crippen LogP) is 15.3. The molecule has 4 aromatic heterocycles. The van der Waals surface area contributed by atoms with Gasteiger partial charge in [0.15, 0.2) is 0 Å². The van der Waals surface area contributed by atoms with Crippen LogP contribution in [0.1, 0.15) is 0 Å². The highest BCUT2D eigenvalue weighted by molar-refractivity contribution is 7.26. The van der Waals surface area contributed by atoms with Gasteiger partial charge in [0.05, 0.1) is 38.0 Å². The zero-order valence-corrected chi connectivity index (χ0v) is 33.5. The topological polar surface area (TPSA) is 35.6 Å². The zero-order valence-electron chi connectivity index (χ0n) is 32.7. The number of nitrogens with zero attached hydrogens (tertiary/aromatic N) is 4. The fourth-order valence-corrected chi connectivity index (χ4v) is 11.4. The Kier molecular flexibility index (Phi) is 6.68. The Balaban J connectivity index is 1.13. The molecule has 0 spiro atoms. The maximum absolute atomic E-state index is 5.69. The molecule has 0 aliphatic carbocycles. The summed E-state index contributed by atoms with van der Waals surface area (Å²) >= 11 is 1.77. The van der Waals surface area contributed by atoms with E-state index >= 15 is 0 Å². The van der Waals surface area contributed by atoms with E-state index in [2.05, 4.69) is 203 Å². The molecule has 0 atom stereocenters. The van der Waals surface area contributed by atoms with Crippen LogP contribution in [0.2, 0.25) is 0 Å². The SMILES string of the molecule is c1ccc(-n2c3ccccc3c3cc(-c4nc(-n5c6cc7ccccc7cc6c6c7c8ccccc8c8ccccc8c7ccc65)nc5c4sc4ccccc45)ccc32)cc1. The molecule has 0 unspecified atom stereocenters. The van der Waals surface area contributed by atoms with Gasteiger partial charge in [0.1, 0.15) is 0 Å². The van der Waals surface area contributed by atoms with Crippen LogP contribution < -0.4 is 0 Å². The number of aromatic nitrogens is 4. The van der Waals surface area contributed by atoms with Crippen LogP contribution in [0.25, 0.3) is 130 Å². The number of fused-ring (bicyclic) bond motifs is 17. The summed E-state index contributed by atoms with van der Waals surface area (Å²) in [5.74, 6) is 0.664. The van der Waals surface area contributed by atoms with Crippen LogP contribution in [-0.4, -0.2) is 19.1 Å². The van der Waals surface area contributed by atoms with Gasteiger partial charge < -0.3 is 4.57 Å². The molecule has 0 bridgehead atoms. The molecular formula is C56H32N4S. The van der Waals surface area contributed by atoms with Crippen molar-refractivity contribution < 1.29 is 0 Å². The predicted molar refractivity (Wildman–Crippen MR) is 259 cm³/mol. The number of benzene rings is 10. The fourth-order valence-electron chi connectivity index (χ4n) is 10.3. The van der Waals surface area contributed by atoms with E-state index in [1.54, 1.807) is 11.3 Å². The van der Waals surface area contributed by atoms with E-state index in [0.29, 0.717) is 5.95 Å². The van der Waals surface area contributed by atoms with Crippen molar-refractivity contribution in [1.82, 2.24) is 19.1 Å². The van der Waals surface area contributed by atoms with E-state index in [9.17, 15) is 0 Å². The van der Waals surface area contributed by atoms with E-state index in [4.69, 9.17) is 9.97 Å². The van der Waals surface area contributed by atoms with Gasteiger partial charge in [-0.05, 0) is 92.3 Å². The van der Waals surface area contributed by atoms with Crippen LogP contribution >= 0.6 is 11.3 Å². The molecule has 10 aromatic carbocycles.